The van der Waals surface area contributed by atoms with Crippen LogP contribution in [0.2, 0.25) is 0 Å². The maximum Gasteiger partial charge on any atom is 0.330 e. The largest absolute Gasteiger partial charge is 0.493 e. The highest BCUT2D eigenvalue weighted by molar-refractivity contribution is 7.22. The number of hydrogen-bond acceptors (Lipinski definition) is 12. The van der Waals surface area contributed by atoms with Crippen molar-refractivity contribution in [2.45, 2.75) is 58.7 Å². The first-order chi connectivity index (χ1) is 28.4. The Labute approximate surface area is 344 Å². The van der Waals surface area contributed by atoms with E-state index in [0.717, 1.165) is 75.7 Å². The lowest BCUT2D eigenvalue weighted by Crippen LogP contribution is -2.18. The molecular weight excluding hydrogens is 755 g/mol. The van der Waals surface area contributed by atoms with Gasteiger partial charge in [-0.05, 0) is 72.1 Å². The van der Waals surface area contributed by atoms with Gasteiger partial charge in [0, 0.05) is 37.1 Å². The third-order valence-electron chi connectivity index (χ3n) is 8.63. The van der Waals surface area contributed by atoms with Gasteiger partial charge in [-0.1, -0.05) is 87.1 Å². The number of para-hydroxylation sites is 1. The van der Waals surface area contributed by atoms with Crippen molar-refractivity contribution in [3.63, 3.8) is 0 Å². The second-order valence-corrected chi connectivity index (χ2v) is 14.1. The van der Waals surface area contributed by atoms with Crippen molar-refractivity contribution < 1.29 is 38.0 Å². The maximum absolute atomic E-state index is 11.2. The average molecular weight is 806 g/mol. The highest BCUT2D eigenvalue weighted by Crippen LogP contribution is 2.30. The second-order valence-electron chi connectivity index (χ2n) is 13.1. The van der Waals surface area contributed by atoms with Crippen molar-refractivity contribution >= 4 is 44.8 Å². The molecule has 1 aromatic heterocycles. The highest BCUT2D eigenvalue weighted by atomic mass is 32.1. The van der Waals surface area contributed by atoms with Crippen LogP contribution in [0.15, 0.2) is 121 Å². The summed E-state index contributed by atoms with van der Waals surface area (Å²) in [4.78, 5) is 27.3. The minimum Gasteiger partial charge on any atom is -0.493 e. The van der Waals surface area contributed by atoms with Crippen molar-refractivity contribution in [1.29, 1.82) is 0 Å². The molecular formula is C46H51N3O8S. The zero-order chi connectivity index (χ0) is 40.8. The number of ether oxygens (including phenoxy) is 6. The number of thiazole rings is 1. The third-order valence-corrected chi connectivity index (χ3v) is 9.68. The van der Waals surface area contributed by atoms with Crippen LogP contribution >= 0.6 is 11.3 Å². The Balaban J connectivity index is 1.26. The number of nitrogens with zero attached hydrogens (tertiary/aromatic N) is 3. The van der Waals surface area contributed by atoms with Crippen LogP contribution in [0.1, 0.15) is 62.1 Å². The quantitative estimate of drug-likeness (QED) is 0.0176. The first-order valence-corrected chi connectivity index (χ1v) is 20.3. The molecule has 0 bridgehead atoms. The van der Waals surface area contributed by atoms with Crippen LogP contribution < -0.4 is 24.0 Å². The molecule has 0 aliphatic rings. The summed E-state index contributed by atoms with van der Waals surface area (Å²) < 4.78 is 35.3. The van der Waals surface area contributed by atoms with Gasteiger partial charge in [-0.3, -0.25) is 0 Å². The zero-order valence-corrected chi connectivity index (χ0v) is 33.8. The predicted molar refractivity (Wildman–Crippen MR) is 229 cm³/mol. The first kappa shape index (κ1) is 43.0. The summed E-state index contributed by atoms with van der Waals surface area (Å²) in [7, 11) is 0. The monoisotopic (exact) mass is 805 g/mol. The van der Waals surface area contributed by atoms with E-state index in [9.17, 15) is 9.59 Å². The summed E-state index contributed by atoms with van der Waals surface area (Å²) in [6.45, 7) is 11.8. The Hall–Kier alpha value is -6.14. The van der Waals surface area contributed by atoms with Crippen molar-refractivity contribution in [3.8, 4) is 23.0 Å². The molecule has 0 saturated heterocycles. The second kappa shape index (κ2) is 23.8. The van der Waals surface area contributed by atoms with E-state index in [2.05, 4.69) is 26.1 Å². The SMILES string of the molecule is C=CC(=O)OCCCOc1ccc(COc2ccc(OCc3ccc(OCCCOC(=O)C=C)cc3)c(/C=N/N(CCCCCC)c3nc4ccccc4s3)c2)cc1. The Kier molecular flexibility index (Phi) is 17.7. The molecule has 58 heavy (non-hydrogen) atoms. The van der Waals surface area contributed by atoms with E-state index < -0.39 is 11.9 Å². The van der Waals surface area contributed by atoms with Gasteiger partial charge in [0.15, 0.2) is 0 Å². The Morgan fingerprint density at radius 2 is 1.29 bits per heavy atom. The summed E-state index contributed by atoms with van der Waals surface area (Å²) in [6.07, 6.45) is 9.68. The highest BCUT2D eigenvalue weighted by Gasteiger charge is 2.13. The Morgan fingerprint density at radius 3 is 1.90 bits per heavy atom. The van der Waals surface area contributed by atoms with E-state index in [0.29, 0.717) is 56.5 Å². The smallest absolute Gasteiger partial charge is 0.330 e. The standard InChI is InChI=1S/C46H51N3O8S/c1-4-7-8-11-26-49(46-48-41-14-9-10-15-43(41)58-46)47-32-37-31-40(56-33-35-16-20-38(21-17-35)52-27-12-29-54-44(50)5-2)24-25-42(37)57-34-36-18-22-39(23-19-36)53-28-13-30-55-45(51)6-3/h5-6,9-10,14-25,31-32H,2-4,7-8,11-13,26-30,33-34H2,1H3/b47-32+. The summed E-state index contributed by atoms with van der Waals surface area (Å²) in [5, 5.41) is 7.81. The molecule has 0 amide bonds. The molecule has 5 rings (SSSR count). The molecule has 12 heteroatoms. The maximum atomic E-state index is 11.2. The van der Waals surface area contributed by atoms with Gasteiger partial charge < -0.3 is 28.4 Å². The van der Waals surface area contributed by atoms with Gasteiger partial charge in [0.25, 0.3) is 0 Å². The third kappa shape index (κ3) is 14.4. The molecule has 0 aliphatic carbocycles. The molecule has 1 heterocycles. The summed E-state index contributed by atoms with van der Waals surface area (Å²) in [5.41, 5.74) is 3.65. The number of esters is 2. The molecule has 0 aliphatic heterocycles. The summed E-state index contributed by atoms with van der Waals surface area (Å²) >= 11 is 1.63. The zero-order valence-electron chi connectivity index (χ0n) is 33.0. The lowest BCUT2D eigenvalue weighted by Gasteiger charge is -2.17. The fourth-order valence-electron chi connectivity index (χ4n) is 5.49. The lowest BCUT2D eigenvalue weighted by molar-refractivity contribution is -0.138. The van der Waals surface area contributed by atoms with Crippen LogP contribution in [-0.4, -0.2) is 56.1 Å². The van der Waals surface area contributed by atoms with Gasteiger partial charge in [-0.2, -0.15) is 5.10 Å². The number of hydrazone groups is 1. The van der Waals surface area contributed by atoms with Crippen molar-refractivity contribution in [2.75, 3.05) is 38.0 Å². The van der Waals surface area contributed by atoms with Crippen LogP contribution in [-0.2, 0) is 32.3 Å². The number of unbranched alkanes of at least 4 members (excludes halogenated alkanes) is 3. The minimum atomic E-state index is -0.442. The fraction of sp³-hybridized carbons (Fsp3) is 0.304. The Bertz CT molecular complexity index is 2050. The lowest BCUT2D eigenvalue weighted by atomic mass is 10.2. The molecule has 0 saturated carbocycles. The van der Waals surface area contributed by atoms with Crippen molar-refractivity contribution in [2.24, 2.45) is 5.10 Å². The number of anilines is 1. The number of fused-ring (bicyclic) bond motifs is 1. The number of benzene rings is 4. The number of carbonyl (C=O) groups is 2. The fourth-order valence-corrected chi connectivity index (χ4v) is 6.44. The van der Waals surface area contributed by atoms with Crippen LogP contribution in [0.5, 0.6) is 23.0 Å². The molecule has 0 atom stereocenters. The number of carbonyl (C=O) groups excluding carboxylic acids is 2. The van der Waals surface area contributed by atoms with Gasteiger partial charge in [0.05, 0.1) is 42.9 Å². The van der Waals surface area contributed by atoms with E-state index in [4.69, 9.17) is 38.5 Å². The van der Waals surface area contributed by atoms with Gasteiger partial charge >= 0.3 is 11.9 Å². The predicted octanol–water partition coefficient (Wildman–Crippen LogP) is 9.87. The average Bonchev–Trinajstić information content (AvgIpc) is 3.69. The summed E-state index contributed by atoms with van der Waals surface area (Å²) in [5.74, 6) is 1.87. The van der Waals surface area contributed by atoms with Crippen molar-refractivity contribution in [1.82, 2.24) is 4.98 Å². The minimum absolute atomic E-state index is 0.270. The number of rotatable bonds is 26. The molecule has 0 spiro atoms. The van der Waals surface area contributed by atoms with Crippen molar-refractivity contribution in [3.05, 3.63) is 133 Å². The Morgan fingerprint density at radius 1 is 0.690 bits per heavy atom. The van der Waals surface area contributed by atoms with Crippen LogP contribution in [0.3, 0.4) is 0 Å². The number of aromatic nitrogens is 1. The van der Waals surface area contributed by atoms with Gasteiger partial charge in [-0.15, -0.1) is 0 Å². The van der Waals surface area contributed by atoms with E-state index in [1.807, 2.05) is 96.2 Å². The molecule has 0 unspecified atom stereocenters. The van der Waals surface area contributed by atoms with Gasteiger partial charge in [0.1, 0.15) is 36.2 Å². The molecule has 0 radical (unpaired) electrons. The number of hydrogen-bond donors (Lipinski definition) is 0. The van der Waals surface area contributed by atoms with Gasteiger partial charge in [-0.25, -0.2) is 19.6 Å². The van der Waals surface area contributed by atoms with E-state index >= 15 is 0 Å². The van der Waals surface area contributed by atoms with E-state index in [1.165, 1.54) is 6.42 Å². The van der Waals surface area contributed by atoms with Crippen LogP contribution in [0.4, 0.5) is 5.13 Å². The normalized spacial score (nSPS) is 10.9. The molecule has 304 valence electrons. The first-order valence-electron chi connectivity index (χ1n) is 19.5. The van der Waals surface area contributed by atoms with Crippen LogP contribution in [0, 0.1) is 0 Å². The molecule has 0 fully saturated rings. The van der Waals surface area contributed by atoms with Crippen LogP contribution in [0.25, 0.3) is 10.2 Å². The van der Waals surface area contributed by atoms with E-state index in [-0.39, 0.29) is 13.2 Å². The topological polar surface area (TPSA) is 118 Å². The molecule has 0 N–H and O–H groups in total. The summed E-state index contributed by atoms with van der Waals surface area (Å²) in [6, 6.07) is 29.3. The molecule has 4 aromatic carbocycles. The van der Waals surface area contributed by atoms with E-state index in [1.54, 1.807) is 11.3 Å². The molecule has 11 nitrogen and oxygen atoms in total. The van der Waals surface area contributed by atoms with Gasteiger partial charge in [0.2, 0.25) is 5.13 Å². The molecule has 5 aromatic rings.